The van der Waals surface area contributed by atoms with Gasteiger partial charge in [0.05, 0.1) is 12.1 Å². The van der Waals surface area contributed by atoms with Gasteiger partial charge in [-0.2, -0.15) is 8.78 Å². The van der Waals surface area contributed by atoms with E-state index in [9.17, 15) is 23.5 Å². The number of halogens is 2. The zero-order chi connectivity index (χ0) is 25.4. The molecule has 1 aliphatic heterocycles. The summed E-state index contributed by atoms with van der Waals surface area (Å²) in [5.41, 5.74) is 1.11. The van der Waals surface area contributed by atoms with Gasteiger partial charge in [-0.3, -0.25) is 4.79 Å². The second kappa shape index (κ2) is 12.1. The van der Waals surface area contributed by atoms with Crippen LogP contribution in [0.4, 0.5) is 8.78 Å². The zero-order valence-electron chi connectivity index (χ0n) is 19.5. The fourth-order valence-corrected chi connectivity index (χ4v) is 4.75. The number of benzene rings is 1. The molecular weight excluding hydrogens is 472 g/mol. The van der Waals surface area contributed by atoms with Crippen LogP contribution in [0.3, 0.4) is 0 Å². The van der Waals surface area contributed by atoms with Crippen molar-refractivity contribution in [3.63, 3.8) is 0 Å². The quantitative estimate of drug-likeness (QED) is 0.362. The first-order valence-electron chi connectivity index (χ1n) is 11.5. The van der Waals surface area contributed by atoms with Gasteiger partial charge in [-0.15, -0.1) is 17.3 Å². The van der Waals surface area contributed by atoms with Crippen molar-refractivity contribution < 1.29 is 28.6 Å². The number of alkyl halides is 2. The Morgan fingerprint density at radius 3 is 2.69 bits per heavy atom. The van der Waals surface area contributed by atoms with Crippen LogP contribution in [-0.4, -0.2) is 51.6 Å². The Hall–Kier alpha value is -3.02. The second-order valence-electron chi connectivity index (χ2n) is 8.72. The molecule has 2 N–H and O–H groups in total. The van der Waals surface area contributed by atoms with Crippen molar-refractivity contribution >= 4 is 23.2 Å². The van der Waals surface area contributed by atoms with Gasteiger partial charge < -0.3 is 15.1 Å². The maximum atomic E-state index is 14.1. The molecule has 1 fully saturated rings. The van der Waals surface area contributed by atoms with Crippen LogP contribution in [0.1, 0.15) is 46.3 Å². The summed E-state index contributed by atoms with van der Waals surface area (Å²) in [6.45, 7) is 1.96. The van der Waals surface area contributed by atoms with E-state index in [1.807, 2.05) is 37.3 Å². The van der Waals surface area contributed by atoms with Gasteiger partial charge in [0, 0.05) is 30.7 Å². The highest BCUT2D eigenvalue weighted by Crippen LogP contribution is 2.34. The largest absolute Gasteiger partial charge is 0.477 e. The monoisotopic (exact) mass is 501 g/mol. The van der Waals surface area contributed by atoms with Gasteiger partial charge in [-0.1, -0.05) is 55.3 Å². The number of hydrogen-bond donors (Lipinski definition) is 2. The van der Waals surface area contributed by atoms with Gasteiger partial charge in [0.1, 0.15) is 4.88 Å². The summed E-state index contributed by atoms with van der Waals surface area (Å²) < 4.78 is 28.3. The minimum absolute atomic E-state index is 0.125. The third-order valence-electron chi connectivity index (χ3n) is 5.93. The first-order chi connectivity index (χ1) is 16.7. The molecular formula is C27H29F2NO4S. The van der Waals surface area contributed by atoms with Gasteiger partial charge in [0.2, 0.25) is 0 Å². The number of hydrogen-bond acceptors (Lipinski definition) is 4. The standard InChI is InChI=1S/C27H29F2NO4S/c1-19(8-5-6-11-20-9-3-2-4-10-20)23(31)15-13-21-18-27(28,29)26(34)30(21)17-7-12-22-14-16-24(35-22)25(32)33/h2-4,9-10,13-16,19,21,23,31H,7-8,11-12,17-18H2,1H3,(H,32,33)/t19-,21?,23+/m0/s1. The molecule has 1 unspecified atom stereocenters. The predicted molar refractivity (Wildman–Crippen MR) is 132 cm³/mol. The van der Waals surface area contributed by atoms with Gasteiger partial charge in [0.15, 0.2) is 0 Å². The minimum Gasteiger partial charge on any atom is -0.477 e. The molecule has 35 heavy (non-hydrogen) atoms. The number of amides is 1. The van der Waals surface area contributed by atoms with Crippen LogP contribution in [0, 0.1) is 17.8 Å². The van der Waals surface area contributed by atoms with Crippen molar-refractivity contribution in [2.24, 2.45) is 5.92 Å². The average molecular weight is 502 g/mol. The molecule has 186 valence electrons. The van der Waals surface area contributed by atoms with Crippen molar-refractivity contribution in [3.05, 3.63) is 69.9 Å². The highest BCUT2D eigenvalue weighted by molar-refractivity contribution is 7.13. The fraction of sp³-hybridized carbons (Fsp3) is 0.407. The number of aryl methyl sites for hydroxylation is 1. The van der Waals surface area contributed by atoms with Gasteiger partial charge >= 0.3 is 11.9 Å². The molecule has 0 bridgehead atoms. The topological polar surface area (TPSA) is 77.8 Å². The number of aromatic carboxylic acids is 1. The molecule has 2 aromatic rings. The number of thiophene rings is 1. The Labute approximate surface area is 208 Å². The van der Waals surface area contributed by atoms with E-state index in [0.717, 1.165) is 26.7 Å². The fourth-order valence-electron chi connectivity index (χ4n) is 3.86. The number of carboxylic acid groups (broad SMARTS) is 1. The molecule has 2 heterocycles. The van der Waals surface area contributed by atoms with E-state index in [1.165, 1.54) is 18.2 Å². The lowest BCUT2D eigenvalue weighted by molar-refractivity contribution is -0.148. The molecule has 1 aromatic heterocycles. The Balaban J connectivity index is 1.53. The minimum atomic E-state index is -3.44. The van der Waals surface area contributed by atoms with E-state index in [1.54, 1.807) is 6.07 Å². The number of nitrogens with zero attached hydrogens (tertiary/aromatic N) is 1. The first kappa shape index (κ1) is 26.6. The number of rotatable bonds is 10. The van der Waals surface area contributed by atoms with E-state index in [4.69, 9.17) is 5.11 Å². The Morgan fingerprint density at radius 2 is 2.00 bits per heavy atom. The van der Waals surface area contributed by atoms with Crippen molar-refractivity contribution in [1.82, 2.24) is 4.90 Å². The molecule has 1 saturated heterocycles. The molecule has 3 rings (SSSR count). The van der Waals surface area contributed by atoms with Crippen LogP contribution < -0.4 is 0 Å². The number of carbonyl (C=O) groups excluding carboxylic acids is 1. The third-order valence-corrected chi connectivity index (χ3v) is 7.07. The molecule has 5 nitrogen and oxygen atoms in total. The average Bonchev–Trinajstić information content (AvgIpc) is 3.39. The third kappa shape index (κ3) is 7.48. The molecule has 1 aliphatic rings. The second-order valence-corrected chi connectivity index (χ2v) is 9.89. The highest BCUT2D eigenvalue weighted by Gasteiger charge is 2.52. The van der Waals surface area contributed by atoms with E-state index in [-0.39, 0.29) is 17.3 Å². The normalized spacial score (nSPS) is 18.9. The molecule has 3 atom stereocenters. The van der Waals surface area contributed by atoms with Gasteiger partial charge in [-0.05, 0) is 36.5 Å². The summed E-state index contributed by atoms with van der Waals surface area (Å²) in [5, 5.41) is 19.5. The lowest BCUT2D eigenvalue weighted by Gasteiger charge is -2.22. The molecule has 0 radical (unpaired) electrons. The summed E-state index contributed by atoms with van der Waals surface area (Å²) in [7, 11) is 0. The molecule has 0 aliphatic carbocycles. The van der Waals surface area contributed by atoms with Crippen LogP contribution in [0.15, 0.2) is 54.6 Å². The maximum Gasteiger partial charge on any atom is 0.345 e. The Morgan fingerprint density at radius 1 is 1.26 bits per heavy atom. The van der Waals surface area contributed by atoms with Crippen LogP contribution >= 0.6 is 11.3 Å². The molecule has 1 aromatic carbocycles. The summed E-state index contributed by atoms with van der Waals surface area (Å²) in [6, 6.07) is 12.2. The number of carbonyl (C=O) groups is 2. The Kier molecular flexibility index (Phi) is 9.19. The number of carboxylic acids is 1. The number of aliphatic hydroxyl groups is 1. The Bertz CT molecular complexity index is 1100. The zero-order valence-corrected chi connectivity index (χ0v) is 20.3. The SMILES string of the molecule is C[C@@H](CC#CCc1ccccc1)[C@H](O)C=CC1CC(F)(F)C(=O)N1CCCc1ccc(C(=O)O)s1. The molecule has 1 amide bonds. The van der Waals surface area contributed by atoms with Crippen LogP contribution in [-0.2, 0) is 17.6 Å². The molecule has 8 heteroatoms. The molecule has 0 spiro atoms. The van der Waals surface area contributed by atoms with Crippen molar-refractivity contribution in [1.29, 1.82) is 0 Å². The summed E-state index contributed by atoms with van der Waals surface area (Å²) in [5.74, 6) is 0.301. The summed E-state index contributed by atoms with van der Waals surface area (Å²) in [6.07, 6.45) is 3.49. The van der Waals surface area contributed by atoms with Gasteiger partial charge in [-0.25, -0.2) is 4.79 Å². The van der Waals surface area contributed by atoms with E-state index in [2.05, 4.69) is 11.8 Å². The lowest BCUT2D eigenvalue weighted by atomic mass is 9.99. The lowest BCUT2D eigenvalue weighted by Crippen LogP contribution is -2.36. The van der Waals surface area contributed by atoms with E-state index >= 15 is 0 Å². The summed E-state index contributed by atoms with van der Waals surface area (Å²) >= 11 is 1.14. The number of likely N-dealkylation sites (tertiary alicyclic amines) is 1. The van der Waals surface area contributed by atoms with Crippen LogP contribution in [0.5, 0.6) is 0 Å². The summed E-state index contributed by atoms with van der Waals surface area (Å²) in [4.78, 5) is 25.4. The van der Waals surface area contributed by atoms with Crippen molar-refractivity contribution in [3.8, 4) is 11.8 Å². The van der Waals surface area contributed by atoms with Crippen LogP contribution in [0.2, 0.25) is 0 Å². The van der Waals surface area contributed by atoms with Crippen molar-refractivity contribution in [2.75, 3.05) is 6.54 Å². The van der Waals surface area contributed by atoms with Gasteiger partial charge in [0.25, 0.3) is 5.91 Å². The highest BCUT2D eigenvalue weighted by atomic mass is 32.1. The number of aliphatic hydroxyl groups excluding tert-OH is 1. The molecule has 0 saturated carbocycles. The van der Waals surface area contributed by atoms with Crippen LogP contribution in [0.25, 0.3) is 0 Å². The van der Waals surface area contributed by atoms with E-state index < -0.39 is 36.4 Å². The predicted octanol–water partition coefficient (Wildman–Crippen LogP) is 4.80. The maximum absolute atomic E-state index is 14.1. The van der Waals surface area contributed by atoms with E-state index in [0.29, 0.717) is 25.7 Å². The smallest absolute Gasteiger partial charge is 0.345 e. The first-order valence-corrected chi connectivity index (χ1v) is 12.4. The van der Waals surface area contributed by atoms with Crippen molar-refractivity contribution in [2.45, 2.75) is 57.1 Å².